The number of carboxylic acid groups (broad SMARTS) is 1. The SMILES string of the molecule is Cc1ccc2c(c1)c(=O)c(C(=O)O)cn2[C@@H]1O[C@H](CO)[C@@H](O)[C@H]1O. The Labute approximate surface area is 136 Å². The van der Waals surface area contributed by atoms with Gasteiger partial charge in [0.05, 0.1) is 12.1 Å². The van der Waals surface area contributed by atoms with Gasteiger partial charge in [0, 0.05) is 11.6 Å². The van der Waals surface area contributed by atoms with Gasteiger partial charge in [-0.1, -0.05) is 11.6 Å². The van der Waals surface area contributed by atoms with Gasteiger partial charge in [-0.15, -0.1) is 0 Å². The van der Waals surface area contributed by atoms with Crippen LogP contribution < -0.4 is 5.43 Å². The summed E-state index contributed by atoms with van der Waals surface area (Å²) in [5.74, 6) is -1.40. The summed E-state index contributed by atoms with van der Waals surface area (Å²) in [6.07, 6.45) is -3.74. The Morgan fingerprint density at radius 3 is 2.58 bits per heavy atom. The van der Waals surface area contributed by atoms with Crippen molar-refractivity contribution in [2.45, 2.75) is 31.5 Å². The van der Waals surface area contributed by atoms with E-state index in [2.05, 4.69) is 0 Å². The molecule has 128 valence electrons. The monoisotopic (exact) mass is 335 g/mol. The van der Waals surface area contributed by atoms with Crippen molar-refractivity contribution in [3.05, 3.63) is 45.7 Å². The van der Waals surface area contributed by atoms with Crippen molar-refractivity contribution >= 4 is 16.9 Å². The van der Waals surface area contributed by atoms with Crippen molar-refractivity contribution in [3.63, 3.8) is 0 Å². The van der Waals surface area contributed by atoms with Crippen molar-refractivity contribution in [1.82, 2.24) is 4.57 Å². The first-order valence-electron chi connectivity index (χ1n) is 7.36. The number of aliphatic hydroxyl groups excluding tert-OH is 3. The average molecular weight is 335 g/mol. The lowest BCUT2D eigenvalue weighted by Gasteiger charge is -2.21. The first-order valence-corrected chi connectivity index (χ1v) is 7.36. The molecule has 0 radical (unpaired) electrons. The van der Waals surface area contributed by atoms with Crippen molar-refractivity contribution in [2.24, 2.45) is 0 Å². The second-order valence-corrected chi connectivity index (χ2v) is 5.83. The first kappa shape index (κ1) is 16.6. The molecular weight excluding hydrogens is 318 g/mol. The number of aromatic carboxylic acids is 1. The van der Waals surface area contributed by atoms with E-state index >= 15 is 0 Å². The summed E-state index contributed by atoms with van der Waals surface area (Å²) in [7, 11) is 0. The lowest BCUT2D eigenvalue weighted by Crippen LogP contribution is -2.33. The topological polar surface area (TPSA) is 129 Å². The summed E-state index contributed by atoms with van der Waals surface area (Å²) in [6.45, 7) is 1.26. The third-order valence-electron chi connectivity index (χ3n) is 4.21. The summed E-state index contributed by atoms with van der Waals surface area (Å²) < 4.78 is 6.76. The minimum atomic E-state index is -1.40. The minimum absolute atomic E-state index is 0.174. The second kappa shape index (κ2) is 5.99. The number of pyridine rings is 1. The number of aliphatic hydroxyl groups is 3. The number of hydrogen-bond donors (Lipinski definition) is 4. The average Bonchev–Trinajstić information content (AvgIpc) is 2.83. The van der Waals surface area contributed by atoms with Gasteiger partial charge >= 0.3 is 5.97 Å². The molecule has 4 atom stereocenters. The van der Waals surface area contributed by atoms with Crippen LogP contribution in [0.15, 0.2) is 29.2 Å². The predicted molar refractivity (Wildman–Crippen MR) is 82.9 cm³/mol. The van der Waals surface area contributed by atoms with Gasteiger partial charge in [-0.05, 0) is 19.1 Å². The molecule has 8 nitrogen and oxygen atoms in total. The van der Waals surface area contributed by atoms with Crippen LogP contribution in [0.25, 0.3) is 10.9 Å². The molecule has 0 spiro atoms. The Morgan fingerprint density at radius 1 is 1.29 bits per heavy atom. The lowest BCUT2D eigenvalue weighted by atomic mass is 10.1. The van der Waals surface area contributed by atoms with Crippen LogP contribution in [-0.4, -0.2) is 55.9 Å². The number of ether oxygens (including phenoxy) is 1. The normalized spacial score (nSPS) is 26.8. The van der Waals surface area contributed by atoms with E-state index in [4.69, 9.17) is 4.74 Å². The molecule has 1 saturated heterocycles. The van der Waals surface area contributed by atoms with E-state index < -0.39 is 48.1 Å². The van der Waals surface area contributed by atoms with E-state index in [9.17, 15) is 30.0 Å². The third kappa shape index (κ3) is 2.49. The highest BCUT2D eigenvalue weighted by atomic mass is 16.6. The van der Waals surface area contributed by atoms with E-state index in [1.165, 1.54) is 4.57 Å². The number of aryl methyl sites for hydroxylation is 1. The van der Waals surface area contributed by atoms with Gasteiger partial charge in [0.1, 0.15) is 23.9 Å². The summed E-state index contributed by atoms with van der Waals surface area (Å²) >= 11 is 0. The van der Waals surface area contributed by atoms with E-state index in [1.54, 1.807) is 25.1 Å². The third-order valence-corrected chi connectivity index (χ3v) is 4.21. The number of benzene rings is 1. The number of rotatable bonds is 3. The number of hydrogen-bond acceptors (Lipinski definition) is 6. The molecule has 8 heteroatoms. The van der Waals surface area contributed by atoms with E-state index in [0.717, 1.165) is 11.8 Å². The van der Waals surface area contributed by atoms with E-state index in [-0.39, 0.29) is 5.39 Å². The fraction of sp³-hybridized carbons (Fsp3) is 0.375. The van der Waals surface area contributed by atoms with Gasteiger partial charge in [-0.25, -0.2) is 4.79 Å². The molecule has 0 bridgehead atoms. The fourth-order valence-corrected chi connectivity index (χ4v) is 2.94. The summed E-state index contributed by atoms with van der Waals surface area (Å²) in [5.41, 5.74) is 0.0373. The van der Waals surface area contributed by atoms with E-state index in [0.29, 0.717) is 5.52 Å². The largest absolute Gasteiger partial charge is 0.477 e. The van der Waals surface area contributed by atoms with Crippen LogP contribution in [0.4, 0.5) is 0 Å². The molecule has 4 N–H and O–H groups in total. The number of carboxylic acids is 1. The minimum Gasteiger partial charge on any atom is -0.477 e. The number of fused-ring (bicyclic) bond motifs is 1. The van der Waals surface area contributed by atoms with Crippen molar-refractivity contribution in [2.75, 3.05) is 6.61 Å². The van der Waals surface area contributed by atoms with Crippen molar-refractivity contribution in [1.29, 1.82) is 0 Å². The molecule has 0 unspecified atom stereocenters. The first-order chi connectivity index (χ1) is 11.3. The molecular formula is C16H17NO7. The summed E-state index contributed by atoms with van der Waals surface area (Å²) in [6, 6.07) is 4.91. The molecule has 2 heterocycles. The zero-order valence-electron chi connectivity index (χ0n) is 12.8. The van der Waals surface area contributed by atoms with Crippen molar-refractivity contribution < 1.29 is 30.0 Å². The second-order valence-electron chi connectivity index (χ2n) is 5.83. The fourth-order valence-electron chi connectivity index (χ4n) is 2.94. The molecule has 1 fully saturated rings. The van der Waals surface area contributed by atoms with Crippen LogP contribution in [0.1, 0.15) is 22.1 Å². The Kier molecular flexibility index (Phi) is 4.14. The van der Waals surface area contributed by atoms with Crippen LogP contribution in [-0.2, 0) is 4.74 Å². The van der Waals surface area contributed by atoms with Gasteiger partial charge in [-0.2, -0.15) is 0 Å². The Hall–Kier alpha value is -2.26. The molecule has 2 aromatic rings. The quantitative estimate of drug-likeness (QED) is 0.601. The summed E-state index contributed by atoms with van der Waals surface area (Å²) in [4.78, 5) is 23.7. The highest BCUT2D eigenvalue weighted by molar-refractivity contribution is 5.92. The molecule has 1 aromatic heterocycles. The number of aromatic nitrogens is 1. The van der Waals surface area contributed by atoms with Crippen LogP contribution in [0.3, 0.4) is 0 Å². The zero-order valence-corrected chi connectivity index (χ0v) is 12.8. The highest BCUT2D eigenvalue weighted by Crippen LogP contribution is 2.31. The molecule has 1 aromatic carbocycles. The Bertz CT molecular complexity index is 859. The van der Waals surface area contributed by atoms with Crippen LogP contribution in [0.2, 0.25) is 0 Å². The molecule has 0 amide bonds. The maximum atomic E-state index is 12.4. The van der Waals surface area contributed by atoms with Gasteiger partial charge in [0.25, 0.3) is 0 Å². The van der Waals surface area contributed by atoms with Crippen LogP contribution in [0, 0.1) is 6.92 Å². The molecule has 0 aliphatic carbocycles. The Balaban J connectivity index is 2.26. The number of nitrogens with zero attached hydrogens (tertiary/aromatic N) is 1. The highest BCUT2D eigenvalue weighted by Gasteiger charge is 2.43. The maximum Gasteiger partial charge on any atom is 0.341 e. The zero-order chi connectivity index (χ0) is 17.6. The summed E-state index contributed by atoms with van der Waals surface area (Å²) in [5, 5.41) is 38.8. The van der Waals surface area contributed by atoms with Crippen molar-refractivity contribution in [3.8, 4) is 0 Å². The van der Waals surface area contributed by atoms with Gasteiger partial charge in [-0.3, -0.25) is 4.79 Å². The molecule has 0 saturated carbocycles. The van der Waals surface area contributed by atoms with Crippen LogP contribution >= 0.6 is 0 Å². The van der Waals surface area contributed by atoms with E-state index in [1.807, 2.05) is 0 Å². The standard InChI is InChI=1S/C16H17NO7/c1-7-2-3-10-8(4-7)12(19)9(16(22)23)5-17(10)15-14(21)13(20)11(6-18)24-15/h2-5,11,13-15,18,20-21H,6H2,1H3,(H,22,23)/t11-,13-,14-,15-/m1/s1. The number of carbonyl (C=O) groups is 1. The smallest absolute Gasteiger partial charge is 0.341 e. The lowest BCUT2D eigenvalue weighted by molar-refractivity contribution is -0.0509. The van der Waals surface area contributed by atoms with Crippen LogP contribution in [0.5, 0.6) is 0 Å². The molecule has 24 heavy (non-hydrogen) atoms. The Morgan fingerprint density at radius 2 is 2.00 bits per heavy atom. The van der Waals surface area contributed by atoms with Gasteiger partial charge in [0.2, 0.25) is 5.43 Å². The molecule has 3 rings (SSSR count). The molecule has 1 aliphatic heterocycles. The maximum absolute atomic E-state index is 12.4. The molecule has 1 aliphatic rings. The predicted octanol–water partition coefficient (Wildman–Crippen LogP) is -0.380. The van der Waals surface area contributed by atoms with Gasteiger partial charge < -0.3 is 29.7 Å². The van der Waals surface area contributed by atoms with Gasteiger partial charge in [0.15, 0.2) is 6.23 Å².